The van der Waals surface area contributed by atoms with Crippen LogP contribution >= 0.6 is 27.5 Å². The molecule has 0 radical (unpaired) electrons. The summed E-state index contributed by atoms with van der Waals surface area (Å²) in [4.78, 5) is 3.60. The normalized spacial score (nSPS) is 15.6. The van der Waals surface area contributed by atoms with E-state index in [1.165, 1.54) is 16.6 Å². The summed E-state index contributed by atoms with van der Waals surface area (Å²) in [6, 6.07) is 20.2. The van der Waals surface area contributed by atoms with Crippen LogP contribution in [0.1, 0.15) is 28.4 Å². The molecule has 6 heteroatoms. The first-order chi connectivity index (χ1) is 15.1. The SMILES string of the molecule is COc1cc(C2NCCc3c2[nH]c2ccc(Cl)cc32)c(Br)cc1OCc1ccccc1. The lowest BCUT2D eigenvalue weighted by molar-refractivity contribution is 0.284. The number of ether oxygens (including phenoxy) is 2. The fourth-order valence-corrected chi connectivity index (χ4v) is 4.97. The molecule has 1 unspecified atom stereocenters. The fraction of sp³-hybridized carbons (Fsp3) is 0.200. The van der Waals surface area contributed by atoms with Crippen molar-refractivity contribution in [3.63, 3.8) is 0 Å². The third-order valence-electron chi connectivity index (χ3n) is 5.74. The Morgan fingerprint density at radius 2 is 1.90 bits per heavy atom. The van der Waals surface area contributed by atoms with Crippen molar-refractivity contribution >= 4 is 38.4 Å². The van der Waals surface area contributed by atoms with Crippen molar-refractivity contribution in [2.75, 3.05) is 13.7 Å². The molecule has 0 spiro atoms. The van der Waals surface area contributed by atoms with Gasteiger partial charge in [0.05, 0.1) is 13.2 Å². The summed E-state index contributed by atoms with van der Waals surface area (Å²) in [5.74, 6) is 1.42. The minimum Gasteiger partial charge on any atom is -0.493 e. The van der Waals surface area contributed by atoms with Gasteiger partial charge in [-0.2, -0.15) is 0 Å². The largest absolute Gasteiger partial charge is 0.493 e. The number of H-pyrrole nitrogens is 1. The smallest absolute Gasteiger partial charge is 0.162 e. The van der Waals surface area contributed by atoms with Gasteiger partial charge >= 0.3 is 0 Å². The number of aromatic nitrogens is 1. The number of fused-ring (bicyclic) bond motifs is 3. The molecule has 0 saturated heterocycles. The number of hydrogen-bond acceptors (Lipinski definition) is 3. The maximum Gasteiger partial charge on any atom is 0.162 e. The van der Waals surface area contributed by atoms with Crippen LogP contribution < -0.4 is 14.8 Å². The van der Waals surface area contributed by atoms with E-state index in [9.17, 15) is 0 Å². The monoisotopic (exact) mass is 496 g/mol. The summed E-state index contributed by atoms with van der Waals surface area (Å²) in [5, 5.41) is 5.60. The minimum atomic E-state index is 0.0152. The molecule has 0 bridgehead atoms. The summed E-state index contributed by atoms with van der Waals surface area (Å²) in [7, 11) is 1.67. The zero-order chi connectivity index (χ0) is 21.4. The van der Waals surface area contributed by atoms with Gasteiger partial charge in [-0.15, -0.1) is 0 Å². The molecule has 4 nitrogen and oxygen atoms in total. The molecule has 2 N–H and O–H groups in total. The van der Waals surface area contributed by atoms with E-state index in [2.05, 4.69) is 32.3 Å². The predicted octanol–water partition coefficient (Wildman–Crippen LogP) is 6.41. The third kappa shape index (κ3) is 3.93. The van der Waals surface area contributed by atoms with Crippen LogP contribution in [0.4, 0.5) is 0 Å². The van der Waals surface area contributed by atoms with E-state index in [4.69, 9.17) is 21.1 Å². The van der Waals surface area contributed by atoms with Crippen LogP contribution in [0.5, 0.6) is 11.5 Å². The Kier molecular flexibility index (Phi) is 5.65. The van der Waals surface area contributed by atoms with Gasteiger partial charge in [0.15, 0.2) is 11.5 Å². The second-order valence-corrected chi connectivity index (χ2v) is 8.93. The standard InChI is InChI=1S/C25H22BrClN2O2/c1-30-22-12-19(20(26)13-23(22)31-14-15-5-3-2-4-6-15)24-25-17(9-10-28-24)18-11-16(27)7-8-21(18)29-25/h2-8,11-13,24,28-29H,9-10,14H2,1H3. The first-order valence-electron chi connectivity index (χ1n) is 10.2. The number of rotatable bonds is 5. The van der Waals surface area contributed by atoms with Gasteiger partial charge in [0.2, 0.25) is 0 Å². The lowest BCUT2D eigenvalue weighted by Gasteiger charge is -2.26. The molecule has 5 rings (SSSR count). The Hall–Kier alpha value is -2.47. The van der Waals surface area contributed by atoms with Gasteiger partial charge in [0.25, 0.3) is 0 Å². The number of halogens is 2. The molecule has 3 aromatic carbocycles. The molecule has 158 valence electrons. The Bertz CT molecular complexity index is 1240. The van der Waals surface area contributed by atoms with Crippen molar-refractivity contribution in [3.8, 4) is 11.5 Å². The Morgan fingerprint density at radius 1 is 1.06 bits per heavy atom. The number of benzene rings is 3. The first kappa shape index (κ1) is 20.4. The number of aromatic amines is 1. The van der Waals surface area contributed by atoms with E-state index in [0.29, 0.717) is 18.1 Å². The van der Waals surface area contributed by atoms with Gasteiger partial charge in [-0.3, -0.25) is 0 Å². The summed E-state index contributed by atoms with van der Waals surface area (Å²) in [6.07, 6.45) is 0.958. The second-order valence-electron chi connectivity index (χ2n) is 7.64. The van der Waals surface area contributed by atoms with Crippen LogP contribution in [-0.2, 0) is 13.0 Å². The van der Waals surface area contributed by atoms with Crippen molar-refractivity contribution in [2.24, 2.45) is 0 Å². The van der Waals surface area contributed by atoms with Crippen molar-refractivity contribution in [2.45, 2.75) is 19.1 Å². The summed E-state index contributed by atoms with van der Waals surface area (Å²) >= 11 is 10.0. The van der Waals surface area contributed by atoms with E-state index in [-0.39, 0.29) is 6.04 Å². The van der Waals surface area contributed by atoms with Gasteiger partial charge in [-0.05, 0) is 53.4 Å². The summed E-state index contributed by atoms with van der Waals surface area (Å²) in [5.41, 5.74) is 5.80. The lowest BCUT2D eigenvalue weighted by Crippen LogP contribution is -2.30. The Balaban J connectivity index is 1.50. The highest BCUT2D eigenvalue weighted by molar-refractivity contribution is 9.10. The highest BCUT2D eigenvalue weighted by Gasteiger charge is 2.28. The molecule has 1 atom stereocenters. The summed E-state index contributed by atoms with van der Waals surface area (Å²) < 4.78 is 12.7. The van der Waals surface area contributed by atoms with Crippen LogP contribution in [0.3, 0.4) is 0 Å². The average molecular weight is 498 g/mol. The van der Waals surface area contributed by atoms with E-state index in [0.717, 1.165) is 39.1 Å². The van der Waals surface area contributed by atoms with Crippen molar-refractivity contribution in [1.29, 1.82) is 0 Å². The van der Waals surface area contributed by atoms with Gasteiger partial charge < -0.3 is 19.8 Å². The predicted molar refractivity (Wildman–Crippen MR) is 128 cm³/mol. The molecule has 1 aromatic heterocycles. The van der Waals surface area contributed by atoms with Gasteiger partial charge in [-0.1, -0.05) is 57.9 Å². The summed E-state index contributed by atoms with van der Waals surface area (Å²) in [6.45, 7) is 1.37. The molecular formula is C25H22BrClN2O2. The molecule has 1 aliphatic heterocycles. The first-order valence-corrected chi connectivity index (χ1v) is 11.4. The lowest BCUT2D eigenvalue weighted by atomic mass is 9.94. The molecule has 0 amide bonds. The van der Waals surface area contributed by atoms with Crippen LogP contribution in [0.2, 0.25) is 5.02 Å². The van der Waals surface area contributed by atoms with Crippen molar-refractivity contribution in [3.05, 3.63) is 92.5 Å². The molecule has 0 fully saturated rings. The molecular weight excluding hydrogens is 476 g/mol. The molecule has 1 aliphatic rings. The molecule has 0 saturated carbocycles. The molecule has 0 aliphatic carbocycles. The van der Waals surface area contributed by atoms with E-state index >= 15 is 0 Å². The number of hydrogen-bond donors (Lipinski definition) is 2. The van der Waals surface area contributed by atoms with Crippen molar-refractivity contribution in [1.82, 2.24) is 10.3 Å². The van der Waals surface area contributed by atoms with Crippen LogP contribution in [-0.4, -0.2) is 18.6 Å². The third-order valence-corrected chi connectivity index (χ3v) is 6.67. The quantitative estimate of drug-likeness (QED) is 0.335. The molecule has 31 heavy (non-hydrogen) atoms. The Labute approximate surface area is 194 Å². The zero-order valence-electron chi connectivity index (χ0n) is 17.0. The number of nitrogens with one attached hydrogen (secondary N) is 2. The topological polar surface area (TPSA) is 46.3 Å². The van der Waals surface area contributed by atoms with Crippen LogP contribution in [0, 0.1) is 0 Å². The number of methoxy groups -OCH3 is 1. The highest BCUT2D eigenvalue weighted by atomic mass is 79.9. The molecule has 2 heterocycles. The molecule has 4 aromatic rings. The second kappa shape index (κ2) is 8.58. The van der Waals surface area contributed by atoms with E-state index < -0.39 is 0 Å². The van der Waals surface area contributed by atoms with Gasteiger partial charge in [0.1, 0.15) is 6.61 Å². The average Bonchev–Trinajstić information content (AvgIpc) is 3.16. The highest BCUT2D eigenvalue weighted by Crippen LogP contribution is 2.41. The zero-order valence-corrected chi connectivity index (χ0v) is 19.4. The maximum atomic E-state index is 6.26. The van der Waals surface area contributed by atoms with Crippen LogP contribution in [0.15, 0.2) is 65.1 Å². The maximum absolute atomic E-state index is 6.26. The van der Waals surface area contributed by atoms with E-state index in [1.807, 2.05) is 54.6 Å². The van der Waals surface area contributed by atoms with E-state index in [1.54, 1.807) is 7.11 Å². The van der Waals surface area contributed by atoms with Crippen molar-refractivity contribution < 1.29 is 9.47 Å². The van der Waals surface area contributed by atoms with Gasteiger partial charge in [0, 0.05) is 32.6 Å². The van der Waals surface area contributed by atoms with Crippen LogP contribution in [0.25, 0.3) is 10.9 Å². The van der Waals surface area contributed by atoms with Gasteiger partial charge in [-0.25, -0.2) is 0 Å². The fourth-order valence-electron chi connectivity index (χ4n) is 4.25. The minimum absolute atomic E-state index is 0.0152. The Morgan fingerprint density at radius 3 is 2.71 bits per heavy atom.